The van der Waals surface area contributed by atoms with Gasteiger partial charge in [0.2, 0.25) is 5.91 Å². The smallest absolute Gasteiger partial charge is 0.278 e. The molecule has 156 valence electrons. The summed E-state index contributed by atoms with van der Waals surface area (Å²) in [6.45, 7) is 6.18. The summed E-state index contributed by atoms with van der Waals surface area (Å²) in [6.07, 6.45) is 0.799. The molecule has 2 N–H and O–H groups in total. The van der Waals surface area contributed by atoms with Gasteiger partial charge in [0.15, 0.2) is 5.69 Å². The fourth-order valence-corrected chi connectivity index (χ4v) is 2.99. The van der Waals surface area contributed by atoms with Crippen LogP contribution < -0.4 is 15.4 Å². The van der Waals surface area contributed by atoms with Crippen molar-refractivity contribution in [3.63, 3.8) is 0 Å². The second-order valence-corrected chi connectivity index (χ2v) is 6.65. The van der Waals surface area contributed by atoms with E-state index < -0.39 is 0 Å². The van der Waals surface area contributed by atoms with Crippen molar-refractivity contribution >= 4 is 23.2 Å². The molecule has 0 saturated carbocycles. The van der Waals surface area contributed by atoms with Gasteiger partial charge in [0.05, 0.1) is 12.3 Å². The molecule has 3 rings (SSSR count). The summed E-state index contributed by atoms with van der Waals surface area (Å²) in [5.41, 5.74) is 3.13. The molecule has 0 fully saturated rings. The molecule has 0 radical (unpaired) electrons. The maximum Gasteiger partial charge on any atom is 0.278 e. The van der Waals surface area contributed by atoms with Crippen LogP contribution in [0.25, 0.3) is 0 Å². The molecule has 0 saturated heterocycles. The number of carbonyl (C=O) groups excluding carboxylic acids is 2. The summed E-state index contributed by atoms with van der Waals surface area (Å²) in [6, 6.07) is 14.7. The van der Waals surface area contributed by atoms with Crippen molar-refractivity contribution in [1.82, 2.24) is 15.0 Å². The number of ether oxygens (including phenoxy) is 1. The third-order valence-corrected chi connectivity index (χ3v) is 4.59. The lowest BCUT2D eigenvalue weighted by atomic mass is 10.1. The fourth-order valence-electron chi connectivity index (χ4n) is 2.99. The lowest BCUT2D eigenvalue weighted by Gasteiger charge is -2.09. The first-order chi connectivity index (χ1) is 14.5. The van der Waals surface area contributed by atoms with Crippen molar-refractivity contribution in [3.8, 4) is 5.75 Å². The summed E-state index contributed by atoms with van der Waals surface area (Å²) in [4.78, 5) is 25.0. The van der Waals surface area contributed by atoms with Gasteiger partial charge in [-0.2, -0.15) is 0 Å². The van der Waals surface area contributed by atoms with Gasteiger partial charge in [-0.3, -0.25) is 9.59 Å². The highest BCUT2D eigenvalue weighted by Gasteiger charge is 2.19. The van der Waals surface area contributed by atoms with Gasteiger partial charge < -0.3 is 15.4 Å². The lowest BCUT2D eigenvalue weighted by Crippen LogP contribution is -2.21. The van der Waals surface area contributed by atoms with Crippen LogP contribution in [0.2, 0.25) is 0 Å². The number of hydrogen-bond donors (Lipinski definition) is 2. The zero-order valence-corrected chi connectivity index (χ0v) is 17.3. The van der Waals surface area contributed by atoms with E-state index in [1.165, 1.54) is 4.68 Å². The topological polar surface area (TPSA) is 98.1 Å². The molecule has 8 nitrogen and oxygen atoms in total. The number of rotatable bonds is 8. The minimum absolute atomic E-state index is 0.0507. The number of benzene rings is 2. The standard InChI is InChI=1S/C22H25N5O3/c1-4-16-8-6-7-9-19(16)24-22(29)21-15(3)27(26-25-21)14-20(28)23-17-10-12-18(13-11-17)30-5-2/h6-13H,4-5,14H2,1-3H3,(H,23,28)(H,24,29). The number of aromatic nitrogens is 3. The van der Waals surface area contributed by atoms with E-state index in [4.69, 9.17) is 4.74 Å². The normalized spacial score (nSPS) is 10.5. The zero-order chi connectivity index (χ0) is 21.5. The molecule has 2 aromatic carbocycles. The second-order valence-electron chi connectivity index (χ2n) is 6.65. The summed E-state index contributed by atoms with van der Waals surface area (Å²) < 4.78 is 6.79. The maximum absolute atomic E-state index is 12.6. The SMILES string of the molecule is CCOc1ccc(NC(=O)Cn2nnc(C(=O)Nc3ccccc3CC)c2C)cc1. The van der Waals surface area contributed by atoms with E-state index in [2.05, 4.69) is 20.9 Å². The number of amides is 2. The van der Waals surface area contributed by atoms with E-state index in [0.29, 0.717) is 18.0 Å². The molecule has 0 aliphatic rings. The molecule has 8 heteroatoms. The Balaban J connectivity index is 1.64. The van der Waals surface area contributed by atoms with Crippen LogP contribution >= 0.6 is 0 Å². The number of hydrogen-bond acceptors (Lipinski definition) is 5. The molecule has 3 aromatic rings. The van der Waals surface area contributed by atoms with Gasteiger partial charge in [-0.15, -0.1) is 5.10 Å². The Morgan fingerprint density at radius 2 is 1.77 bits per heavy atom. The highest BCUT2D eigenvalue weighted by atomic mass is 16.5. The van der Waals surface area contributed by atoms with Gasteiger partial charge in [0.1, 0.15) is 12.3 Å². The molecule has 2 amide bonds. The Hall–Kier alpha value is -3.68. The average molecular weight is 407 g/mol. The number of nitrogens with one attached hydrogen (secondary N) is 2. The van der Waals surface area contributed by atoms with Crippen molar-refractivity contribution in [2.24, 2.45) is 0 Å². The molecular formula is C22H25N5O3. The van der Waals surface area contributed by atoms with E-state index in [1.54, 1.807) is 31.2 Å². The third-order valence-electron chi connectivity index (χ3n) is 4.59. The minimum Gasteiger partial charge on any atom is -0.494 e. The Morgan fingerprint density at radius 3 is 2.47 bits per heavy atom. The maximum atomic E-state index is 12.6. The number of anilines is 2. The molecule has 0 unspecified atom stereocenters. The molecule has 0 aliphatic carbocycles. The number of para-hydroxylation sites is 1. The largest absolute Gasteiger partial charge is 0.494 e. The molecular weight excluding hydrogens is 382 g/mol. The summed E-state index contributed by atoms with van der Waals surface area (Å²) >= 11 is 0. The number of carbonyl (C=O) groups is 2. The Bertz CT molecular complexity index is 1030. The molecule has 30 heavy (non-hydrogen) atoms. The van der Waals surface area contributed by atoms with Crippen molar-refractivity contribution < 1.29 is 14.3 Å². The van der Waals surface area contributed by atoms with Gasteiger partial charge in [-0.25, -0.2) is 4.68 Å². The van der Waals surface area contributed by atoms with Crippen molar-refractivity contribution in [1.29, 1.82) is 0 Å². The van der Waals surface area contributed by atoms with E-state index in [0.717, 1.165) is 23.4 Å². The van der Waals surface area contributed by atoms with E-state index in [1.807, 2.05) is 38.1 Å². The third kappa shape index (κ3) is 5.02. The molecule has 0 atom stereocenters. The second kappa shape index (κ2) is 9.69. The Morgan fingerprint density at radius 1 is 1.03 bits per heavy atom. The van der Waals surface area contributed by atoms with Crippen LogP contribution in [0, 0.1) is 6.92 Å². The number of nitrogens with zero attached hydrogens (tertiary/aromatic N) is 3. The van der Waals surface area contributed by atoms with Crippen LogP contribution in [0.5, 0.6) is 5.75 Å². The van der Waals surface area contributed by atoms with Crippen LogP contribution in [-0.4, -0.2) is 33.4 Å². The first-order valence-corrected chi connectivity index (χ1v) is 9.83. The quantitative estimate of drug-likeness (QED) is 0.596. The van der Waals surface area contributed by atoms with Crippen LogP contribution in [0.1, 0.15) is 35.6 Å². The molecule has 1 heterocycles. The van der Waals surface area contributed by atoms with E-state index in [9.17, 15) is 9.59 Å². The Labute approximate surface area is 175 Å². The summed E-state index contributed by atoms with van der Waals surface area (Å²) in [7, 11) is 0. The van der Waals surface area contributed by atoms with Crippen LogP contribution in [-0.2, 0) is 17.8 Å². The summed E-state index contributed by atoms with van der Waals surface area (Å²) in [5, 5.41) is 13.6. The van der Waals surface area contributed by atoms with Gasteiger partial charge in [-0.05, 0) is 56.2 Å². The van der Waals surface area contributed by atoms with Crippen molar-refractivity contribution in [3.05, 3.63) is 65.5 Å². The molecule has 0 spiro atoms. The molecule has 0 bridgehead atoms. The van der Waals surface area contributed by atoms with Gasteiger partial charge >= 0.3 is 0 Å². The van der Waals surface area contributed by atoms with E-state index >= 15 is 0 Å². The summed E-state index contributed by atoms with van der Waals surface area (Å²) in [5.74, 6) is 0.116. The zero-order valence-electron chi connectivity index (χ0n) is 17.3. The fraction of sp³-hybridized carbons (Fsp3) is 0.273. The number of aryl methyl sites for hydroxylation is 1. The first kappa shape index (κ1) is 21.0. The van der Waals surface area contributed by atoms with Crippen LogP contribution in [0.15, 0.2) is 48.5 Å². The van der Waals surface area contributed by atoms with Gasteiger partial charge in [0, 0.05) is 11.4 Å². The minimum atomic E-state index is -0.355. The van der Waals surface area contributed by atoms with Crippen LogP contribution in [0.4, 0.5) is 11.4 Å². The molecule has 0 aliphatic heterocycles. The van der Waals surface area contributed by atoms with Crippen molar-refractivity contribution in [2.75, 3.05) is 17.2 Å². The van der Waals surface area contributed by atoms with Gasteiger partial charge in [-0.1, -0.05) is 30.3 Å². The predicted octanol–water partition coefficient (Wildman–Crippen LogP) is 3.44. The van der Waals surface area contributed by atoms with E-state index in [-0.39, 0.29) is 24.1 Å². The van der Waals surface area contributed by atoms with Gasteiger partial charge in [0.25, 0.3) is 5.91 Å². The monoisotopic (exact) mass is 407 g/mol. The highest BCUT2D eigenvalue weighted by molar-refractivity contribution is 6.04. The van der Waals surface area contributed by atoms with Crippen LogP contribution in [0.3, 0.4) is 0 Å². The molecule has 1 aromatic heterocycles. The van der Waals surface area contributed by atoms with Crippen molar-refractivity contribution in [2.45, 2.75) is 33.7 Å². The first-order valence-electron chi connectivity index (χ1n) is 9.83. The average Bonchev–Trinajstić information content (AvgIpc) is 3.10. The predicted molar refractivity (Wildman–Crippen MR) is 115 cm³/mol. The highest BCUT2D eigenvalue weighted by Crippen LogP contribution is 2.18. The Kier molecular flexibility index (Phi) is 6.79. The lowest BCUT2D eigenvalue weighted by molar-refractivity contribution is -0.117.